The molecule has 0 saturated heterocycles. The lowest BCUT2D eigenvalue weighted by Crippen LogP contribution is -2.30. The highest BCUT2D eigenvalue weighted by Crippen LogP contribution is 2.26. The number of halogens is 2. The zero-order chi connectivity index (χ0) is 19.2. The van der Waals surface area contributed by atoms with Gasteiger partial charge in [-0.05, 0) is 47.7 Å². The summed E-state index contributed by atoms with van der Waals surface area (Å²) in [5.41, 5.74) is 4.31. The minimum absolute atomic E-state index is 0.00169. The summed E-state index contributed by atoms with van der Waals surface area (Å²) in [5, 5.41) is 4.22. The summed E-state index contributed by atoms with van der Waals surface area (Å²) < 4.78 is 0. The van der Waals surface area contributed by atoms with Crippen molar-refractivity contribution in [2.45, 2.75) is 25.8 Å². The summed E-state index contributed by atoms with van der Waals surface area (Å²) in [7, 11) is 0. The van der Waals surface area contributed by atoms with Crippen molar-refractivity contribution >= 4 is 29.1 Å². The van der Waals surface area contributed by atoms with Gasteiger partial charge in [-0.1, -0.05) is 83.9 Å². The number of carbonyl (C=O) groups is 1. The van der Waals surface area contributed by atoms with Crippen molar-refractivity contribution in [1.82, 2.24) is 5.32 Å². The molecular weight excluding hydrogens is 377 g/mol. The maximum absolute atomic E-state index is 12.7. The smallest absolute Gasteiger partial charge is 0.221 e. The molecular formula is C23H21Cl2NO. The molecule has 0 aromatic heterocycles. The molecule has 0 aliphatic carbocycles. The Hall–Kier alpha value is -2.29. The Balaban J connectivity index is 1.75. The van der Waals surface area contributed by atoms with Crippen LogP contribution < -0.4 is 5.32 Å². The van der Waals surface area contributed by atoms with E-state index in [1.54, 1.807) is 6.07 Å². The molecule has 1 atom stereocenters. The van der Waals surface area contributed by atoms with E-state index in [0.29, 0.717) is 22.9 Å². The summed E-state index contributed by atoms with van der Waals surface area (Å²) in [4.78, 5) is 12.7. The van der Waals surface area contributed by atoms with Crippen molar-refractivity contribution in [2.75, 3.05) is 0 Å². The van der Waals surface area contributed by atoms with Gasteiger partial charge in [0.15, 0.2) is 0 Å². The Morgan fingerprint density at radius 1 is 0.926 bits per heavy atom. The van der Waals surface area contributed by atoms with Gasteiger partial charge in [0.1, 0.15) is 0 Å². The molecule has 0 bridgehead atoms. The summed E-state index contributed by atoms with van der Waals surface area (Å²) in [6.07, 6.45) is 0.991. The van der Waals surface area contributed by atoms with E-state index in [-0.39, 0.29) is 11.9 Å². The van der Waals surface area contributed by atoms with E-state index in [4.69, 9.17) is 23.2 Å². The van der Waals surface area contributed by atoms with Crippen LogP contribution in [0.3, 0.4) is 0 Å². The van der Waals surface area contributed by atoms with Crippen molar-refractivity contribution in [2.24, 2.45) is 0 Å². The molecule has 1 amide bonds. The lowest BCUT2D eigenvalue weighted by Gasteiger charge is -2.21. The van der Waals surface area contributed by atoms with Crippen LogP contribution in [0, 0.1) is 6.92 Å². The van der Waals surface area contributed by atoms with Crippen molar-refractivity contribution in [3.8, 4) is 0 Å². The number of amides is 1. The molecule has 138 valence electrons. The quantitative estimate of drug-likeness (QED) is 0.531. The molecule has 0 fully saturated rings. The molecule has 0 aliphatic rings. The first kappa shape index (κ1) is 19.5. The second-order valence-electron chi connectivity index (χ2n) is 6.52. The topological polar surface area (TPSA) is 29.1 Å². The molecule has 4 heteroatoms. The van der Waals surface area contributed by atoms with Gasteiger partial charge in [0.05, 0.1) is 16.1 Å². The molecule has 0 saturated carbocycles. The van der Waals surface area contributed by atoms with Crippen LogP contribution in [0.15, 0.2) is 72.8 Å². The number of nitrogens with one attached hydrogen (secondary N) is 1. The van der Waals surface area contributed by atoms with E-state index >= 15 is 0 Å². The SMILES string of the molecule is Cc1ccccc1[C@@H](NC(=O)CCc1ccc(Cl)c(Cl)c1)c1ccccc1. The van der Waals surface area contributed by atoms with E-state index < -0.39 is 0 Å². The summed E-state index contributed by atoms with van der Waals surface area (Å²) >= 11 is 12.0. The average molecular weight is 398 g/mol. The Morgan fingerprint density at radius 2 is 1.63 bits per heavy atom. The van der Waals surface area contributed by atoms with Crippen LogP contribution in [0.5, 0.6) is 0 Å². The van der Waals surface area contributed by atoms with Gasteiger partial charge in [-0.15, -0.1) is 0 Å². The van der Waals surface area contributed by atoms with Gasteiger partial charge in [-0.2, -0.15) is 0 Å². The average Bonchev–Trinajstić information content (AvgIpc) is 2.68. The van der Waals surface area contributed by atoms with Crippen molar-refractivity contribution < 1.29 is 4.79 Å². The summed E-state index contributed by atoms with van der Waals surface area (Å²) in [6, 6.07) is 23.5. The van der Waals surface area contributed by atoms with Gasteiger partial charge in [0, 0.05) is 6.42 Å². The number of carbonyl (C=O) groups excluding carboxylic acids is 1. The van der Waals surface area contributed by atoms with Gasteiger partial charge in [-0.25, -0.2) is 0 Å². The van der Waals surface area contributed by atoms with E-state index in [9.17, 15) is 4.79 Å². The largest absolute Gasteiger partial charge is 0.345 e. The Bertz CT molecular complexity index is 925. The lowest BCUT2D eigenvalue weighted by atomic mass is 9.94. The number of aryl methyl sites for hydroxylation is 2. The number of hydrogen-bond acceptors (Lipinski definition) is 1. The third-order valence-corrected chi connectivity index (χ3v) is 5.30. The van der Waals surface area contributed by atoms with Gasteiger partial charge < -0.3 is 5.32 Å². The van der Waals surface area contributed by atoms with E-state index in [1.807, 2.05) is 54.6 Å². The molecule has 3 aromatic carbocycles. The fraction of sp³-hybridized carbons (Fsp3) is 0.174. The second kappa shape index (κ2) is 9.07. The molecule has 27 heavy (non-hydrogen) atoms. The third-order valence-electron chi connectivity index (χ3n) is 4.56. The summed E-state index contributed by atoms with van der Waals surface area (Å²) in [6.45, 7) is 2.06. The van der Waals surface area contributed by atoms with Crippen molar-refractivity contribution in [3.63, 3.8) is 0 Å². The molecule has 1 N–H and O–H groups in total. The molecule has 0 aliphatic heterocycles. The third kappa shape index (κ3) is 5.12. The Morgan fingerprint density at radius 3 is 2.33 bits per heavy atom. The Kier molecular flexibility index (Phi) is 6.54. The van der Waals surface area contributed by atoms with E-state index in [1.165, 1.54) is 0 Å². The van der Waals surface area contributed by atoms with Crippen LogP contribution >= 0.6 is 23.2 Å². The highest BCUT2D eigenvalue weighted by molar-refractivity contribution is 6.42. The van der Waals surface area contributed by atoms with Gasteiger partial charge >= 0.3 is 0 Å². The lowest BCUT2D eigenvalue weighted by molar-refractivity contribution is -0.121. The normalized spacial score (nSPS) is 11.8. The van der Waals surface area contributed by atoms with Gasteiger partial charge in [0.2, 0.25) is 5.91 Å². The van der Waals surface area contributed by atoms with Crippen LogP contribution in [-0.4, -0.2) is 5.91 Å². The molecule has 0 radical (unpaired) electrons. The zero-order valence-electron chi connectivity index (χ0n) is 15.1. The maximum Gasteiger partial charge on any atom is 0.221 e. The number of hydrogen-bond donors (Lipinski definition) is 1. The monoisotopic (exact) mass is 397 g/mol. The van der Waals surface area contributed by atoms with Crippen molar-refractivity contribution in [1.29, 1.82) is 0 Å². The van der Waals surface area contributed by atoms with Crippen LogP contribution in [0.25, 0.3) is 0 Å². The number of benzene rings is 3. The highest BCUT2D eigenvalue weighted by atomic mass is 35.5. The maximum atomic E-state index is 12.7. The molecule has 3 rings (SSSR count). The first-order valence-corrected chi connectivity index (χ1v) is 9.64. The van der Waals surface area contributed by atoms with Crippen LogP contribution in [0.2, 0.25) is 10.0 Å². The van der Waals surface area contributed by atoms with Crippen LogP contribution in [0.1, 0.15) is 34.7 Å². The minimum Gasteiger partial charge on any atom is -0.345 e. The standard InChI is InChI=1S/C23H21Cl2NO/c1-16-7-5-6-10-19(16)23(18-8-3-2-4-9-18)26-22(27)14-12-17-11-13-20(24)21(25)15-17/h2-11,13,15,23H,12,14H2,1H3,(H,26,27)/t23-/m0/s1. The minimum atomic E-state index is -0.172. The predicted molar refractivity (Wildman–Crippen MR) is 112 cm³/mol. The molecule has 0 spiro atoms. The first-order valence-electron chi connectivity index (χ1n) is 8.88. The van der Waals surface area contributed by atoms with E-state index in [0.717, 1.165) is 22.3 Å². The predicted octanol–water partition coefficient (Wildman–Crippen LogP) is 6.14. The fourth-order valence-corrected chi connectivity index (χ4v) is 3.40. The molecule has 0 heterocycles. The van der Waals surface area contributed by atoms with Gasteiger partial charge in [0.25, 0.3) is 0 Å². The molecule has 0 unspecified atom stereocenters. The highest BCUT2D eigenvalue weighted by Gasteiger charge is 2.18. The second-order valence-corrected chi connectivity index (χ2v) is 7.33. The van der Waals surface area contributed by atoms with Crippen LogP contribution in [0.4, 0.5) is 0 Å². The first-order chi connectivity index (χ1) is 13.0. The Labute approximate surface area is 170 Å². The molecule has 3 aromatic rings. The number of rotatable bonds is 6. The van der Waals surface area contributed by atoms with E-state index in [2.05, 4.69) is 24.4 Å². The van der Waals surface area contributed by atoms with Gasteiger partial charge in [-0.3, -0.25) is 4.79 Å². The summed E-state index contributed by atoms with van der Waals surface area (Å²) in [5.74, 6) is -0.00169. The zero-order valence-corrected chi connectivity index (χ0v) is 16.6. The fourth-order valence-electron chi connectivity index (χ4n) is 3.08. The van der Waals surface area contributed by atoms with Crippen molar-refractivity contribution in [3.05, 3.63) is 105 Å². The molecule has 2 nitrogen and oxygen atoms in total. The van der Waals surface area contributed by atoms with Crippen LogP contribution in [-0.2, 0) is 11.2 Å².